The number of benzene rings is 2. The molecule has 1 saturated heterocycles. The van der Waals surface area contributed by atoms with Crippen LogP contribution >= 0.6 is 0 Å². The van der Waals surface area contributed by atoms with E-state index in [0.717, 1.165) is 36.1 Å². The Bertz CT molecular complexity index is 973. The van der Waals surface area contributed by atoms with Crippen LogP contribution in [0.2, 0.25) is 0 Å². The number of amides is 1. The summed E-state index contributed by atoms with van der Waals surface area (Å²) in [6.07, 6.45) is 2.54. The number of nitrogens with one attached hydrogen (secondary N) is 1. The van der Waals surface area contributed by atoms with Crippen LogP contribution in [-0.4, -0.2) is 30.5 Å². The molecule has 5 nitrogen and oxygen atoms in total. The molecule has 29 heavy (non-hydrogen) atoms. The summed E-state index contributed by atoms with van der Waals surface area (Å²) < 4.78 is 11.5. The first-order valence-electron chi connectivity index (χ1n) is 10.4. The van der Waals surface area contributed by atoms with E-state index in [9.17, 15) is 4.79 Å². The molecule has 2 aromatic carbocycles. The summed E-state index contributed by atoms with van der Waals surface area (Å²) in [5, 5.41) is 3.98. The Hall–Kier alpha value is -2.63. The van der Waals surface area contributed by atoms with Crippen LogP contribution in [0.3, 0.4) is 0 Å². The van der Waals surface area contributed by atoms with Gasteiger partial charge in [-0.05, 0) is 50.0 Å². The normalized spacial score (nSPS) is 14.5. The molecule has 1 aliphatic rings. The van der Waals surface area contributed by atoms with E-state index in [0.29, 0.717) is 31.1 Å². The number of furan rings is 1. The molecule has 152 valence electrons. The number of nitrogens with zero attached hydrogens (tertiary/aromatic N) is 1. The van der Waals surface area contributed by atoms with Crippen molar-refractivity contribution in [1.82, 2.24) is 10.2 Å². The molecule has 0 atom stereocenters. The second-order valence-corrected chi connectivity index (χ2v) is 7.48. The van der Waals surface area contributed by atoms with Crippen molar-refractivity contribution >= 4 is 16.9 Å². The molecular weight excluding hydrogens is 364 g/mol. The minimum absolute atomic E-state index is 0.202. The van der Waals surface area contributed by atoms with Crippen molar-refractivity contribution in [3.63, 3.8) is 0 Å². The van der Waals surface area contributed by atoms with Gasteiger partial charge < -0.3 is 14.5 Å². The summed E-state index contributed by atoms with van der Waals surface area (Å²) in [5.74, 6) is 0.142. The van der Waals surface area contributed by atoms with Gasteiger partial charge in [0.05, 0.1) is 6.61 Å². The van der Waals surface area contributed by atoms with Crippen LogP contribution < -0.4 is 5.32 Å². The summed E-state index contributed by atoms with van der Waals surface area (Å²) in [5.41, 5.74) is 3.94. The highest BCUT2D eigenvalue weighted by Crippen LogP contribution is 2.27. The zero-order chi connectivity index (χ0) is 20.1. The van der Waals surface area contributed by atoms with Crippen LogP contribution in [0.5, 0.6) is 0 Å². The topological polar surface area (TPSA) is 54.7 Å². The van der Waals surface area contributed by atoms with E-state index in [1.165, 1.54) is 18.4 Å². The van der Waals surface area contributed by atoms with Crippen molar-refractivity contribution in [3.05, 3.63) is 71.0 Å². The Morgan fingerprint density at radius 1 is 1.07 bits per heavy atom. The number of carbonyl (C=O) groups is 1. The third-order valence-corrected chi connectivity index (χ3v) is 5.51. The first-order chi connectivity index (χ1) is 14.3. The maximum absolute atomic E-state index is 13.0. The molecule has 0 unspecified atom stereocenters. The summed E-state index contributed by atoms with van der Waals surface area (Å²) in [4.78, 5) is 15.4. The molecule has 0 bridgehead atoms. The monoisotopic (exact) mass is 392 g/mol. The zero-order valence-corrected chi connectivity index (χ0v) is 16.9. The molecule has 1 aliphatic heterocycles. The van der Waals surface area contributed by atoms with Gasteiger partial charge in [-0.15, -0.1) is 0 Å². The molecule has 4 rings (SSSR count). The second kappa shape index (κ2) is 9.25. The Balaban J connectivity index is 1.50. The quantitative estimate of drug-likeness (QED) is 0.613. The smallest absolute Gasteiger partial charge is 0.287 e. The lowest BCUT2D eigenvalue weighted by Gasteiger charge is -2.17. The molecule has 0 spiro atoms. The molecule has 0 saturated carbocycles. The van der Waals surface area contributed by atoms with Gasteiger partial charge >= 0.3 is 0 Å². The highest BCUT2D eigenvalue weighted by atomic mass is 16.5. The lowest BCUT2D eigenvalue weighted by molar-refractivity contribution is 0.0912. The van der Waals surface area contributed by atoms with Crippen molar-refractivity contribution in [1.29, 1.82) is 0 Å². The van der Waals surface area contributed by atoms with Crippen molar-refractivity contribution in [3.8, 4) is 0 Å². The summed E-state index contributed by atoms with van der Waals surface area (Å²) in [7, 11) is 0. The van der Waals surface area contributed by atoms with Crippen LogP contribution in [0.1, 0.15) is 47.0 Å². The van der Waals surface area contributed by atoms with Crippen molar-refractivity contribution in [2.75, 3.05) is 19.7 Å². The van der Waals surface area contributed by atoms with Gasteiger partial charge in [0, 0.05) is 30.6 Å². The third kappa shape index (κ3) is 4.52. The predicted molar refractivity (Wildman–Crippen MR) is 114 cm³/mol. The van der Waals surface area contributed by atoms with Gasteiger partial charge in [-0.2, -0.15) is 0 Å². The van der Waals surface area contributed by atoms with Gasteiger partial charge in [0.25, 0.3) is 5.91 Å². The average Bonchev–Trinajstić information content (AvgIpc) is 3.39. The molecule has 3 aromatic rings. The first kappa shape index (κ1) is 19.7. The first-order valence-corrected chi connectivity index (χ1v) is 10.4. The van der Waals surface area contributed by atoms with Crippen molar-refractivity contribution < 1.29 is 13.9 Å². The van der Waals surface area contributed by atoms with Gasteiger partial charge in [0.1, 0.15) is 5.58 Å². The van der Waals surface area contributed by atoms with Crippen LogP contribution in [0.25, 0.3) is 11.0 Å². The SMILES string of the molecule is CCOCc1c(C(=O)NCc2ccccc2CN2CCCC2)oc2ccccc12. The van der Waals surface area contributed by atoms with Gasteiger partial charge in [0.2, 0.25) is 0 Å². The van der Waals surface area contributed by atoms with E-state index in [2.05, 4.69) is 28.4 Å². The van der Waals surface area contributed by atoms with E-state index in [4.69, 9.17) is 9.15 Å². The van der Waals surface area contributed by atoms with Gasteiger partial charge in [0.15, 0.2) is 5.76 Å². The Labute approximate surface area is 171 Å². The number of ether oxygens (including phenoxy) is 1. The van der Waals surface area contributed by atoms with E-state index in [1.54, 1.807) is 0 Å². The molecule has 1 fully saturated rings. The van der Waals surface area contributed by atoms with E-state index in [-0.39, 0.29) is 5.91 Å². The van der Waals surface area contributed by atoms with E-state index >= 15 is 0 Å². The predicted octanol–water partition coefficient (Wildman–Crippen LogP) is 4.50. The molecule has 0 radical (unpaired) electrons. The van der Waals surface area contributed by atoms with Crippen LogP contribution in [0.15, 0.2) is 52.9 Å². The number of hydrogen-bond acceptors (Lipinski definition) is 4. The lowest BCUT2D eigenvalue weighted by atomic mass is 10.1. The van der Waals surface area contributed by atoms with Crippen molar-refractivity contribution in [2.24, 2.45) is 0 Å². The number of rotatable bonds is 8. The van der Waals surface area contributed by atoms with Crippen LogP contribution in [0, 0.1) is 0 Å². The number of para-hydroxylation sites is 1. The number of carbonyl (C=O) groups excluding carboxylic acids is 1. The molecule has 5 heteroatoms. The molecule has 1 aromatic heterocycles. The molecule has 1 N–H and O–H groups in total. The summed E-state index contributed by atoms with van der Waals surface area (Å²) >= 11 is 0. The van der Waals surface area contributed by atoms with Crippen LogP contribution in [0.4, 0.5) is 0 Å². The summed E-state index contributed by atoms with van der Waals surface area (Å²) in [6.45, 7) is 6.62. The fourth-order valence-corrected chi connectivity index (χ4v) is 3.95. The molecule has 0 aliphatic carbocycles. The third-order valence-electron chi connectivity index (χ3n) is 5.51. The minimum atomic E-state index is -0.202. The van der Waals surface area contributed by atoms with E-state index in [1.807, 2.05) is 37.3 Å². The average molecular weight is 392 g/mol. The maximum Gasteiger partial charge on any atom is 0.287 e. The highest BCUT2D eigenvalue weighted by molar-refractivity contribution is 5.99. The second-order valence-electron chi connectivity index (χ2n) is 7.48. The van der Waals surface area contributed by atoms with Crippen molar-refractivity contribution in [2.45, 2.75) is 39.5 Å². The Morgan fingerprint density at radius 2 is 1.79 bits per heavy atom. The number of hydrogen-bond donors (Lipinski definition) is 1. The fourth-order valence-electron chi connectivity index (χ4n) is 3.95. The zero-order valence-electron chi connectivity index (χ0n) is 16.9. The molecule has 1 amide bonds. The highest BCUT2D eigenvalue weighted by Gasteiger charge is 2.21. The number of fused-ring (bicyclic) bond motifs is 1. The fraction of sp³-hybridized carbons (Fsp3) is 0.375. The Kier molecular flexibility index (Phi) is 6.27. The summed E-state index contributed by atoms with van der Waals surface area (Å²) in [6, 6.07) is 16.0. The maximum atomic E-state index is 13.0. The molecule has 2 heterocycles. The number of likely N-dealkylation sites (tertiary alicyclic amines) is 1. The minimum Gasteiger partial charge on any atom is -0.451 e. The van der Waals surface area contributed by atoms with Gasteiger partial charge in [-0.3, -0.25) is 9.69 Å². The lowest BCUT2D eigenvalue weighted by Crippen LogP contribution is -2.25. The van der Waals surface area contributed by atoms with Gasteiger partial charge in [-0.25, -0.2) is 0 Å². The van der Waals surface area contributed by atoms with E-state index < -0.39 is 0 Å². The largest absolute Gasteiger partial charge is 0.451 e. The standard InChI is InChI=1S/C24H28N2O3/c1-2-28-17-21-20-11-5-6-12-22(20)29-23(21)24(27)25-15-18-9-3-4-10-19(18)16-26-13-7-8-14-26/h3-6,9-12H,2,7-8,13-17H2,1H3,(H,25,27). The molecular formula is C24H28N2O3. The van der Waals surface area contributed by atoms with Gasteiger partial charge in [-0.1, -0.05) is 42.5 Å². The van der Waals surface area contributed by atoms with Crippen LogP contribution in [-0.2, 0) is 24.4 Å². The Morgan fingerprint density at radius 3 is 2.59 bits per heavy atom.